The molecule has 0 saturated carbocycles. The van der Waals surface area contributed by atoms with Gasteiger partial charge in [-0.05, 0) is 42.0 Å². The van der Waals surface area contributed by atoms with Crippen LogP contribution in [0.1, 0.15) is 34.1 Å². The van der Waals surface area contributed by atoms with Gasteiger partial charge >= 0.3 is 0 Å². The van der Waals surface area contributed by atoms with Crippen LogP contribution in [0.5, 0.6) is 11.5 Å². The third-order valence-corrected chi connectivity index (χ3v) is 5.27. The molecule has 31 heavy (non-hydrogen) atoms. The summed E-state index contributed by atoms with van der Waals surface area (Å²) in [6.45, 7) is 0.334. The monoisotopic (exact) mass is 417 g/mol. The number of hydrogen-bond acceptors (Lipinski definition) is 5. The number of para-hydroxylation sites is 1. The molecule has 7 nitrogen and oxygen atoms in total. The van der Waals surface area contributed by atoms with Crippen LogP contribution in [-0.2, 0) is 11.3 Å². The summed E-state index contributed by atoms with van der Waals surface area (Å²) in [4.78, 5) is 31.9. The fraction of sp³-hybridized carbons (Fsp3) is 0.208. The molecule has 1 atom stereocenters. The molecule has 2 aromatic carbocycles. The number of rotatable bonds is 7. The van der Waals surface area contributed by atoms with Crippen molar-refractivity contribution in [2.24, 2.45) is 0 Å². The van der Waals surface area contributed by atoms with Crippen molar-refractivity contribution in [1.82, 2.24) is 10.3 Å². The first-order valence-electron chi connectivity index (χ1n) is 9.93. The van der Waals surface area contributed by atoms with E-state index in [9.17, 15) is 9.59 Å². The number of methoxy groups -OCH3 is 2. The Hall–Kier alpha value is -3.87. The molecule has 0 saturated heterocycles. The van der Waals surface area contributed by atoms with Gasteiger partial charge < -0.3 is 14.8 Å². The minimum Gasteiger partial charge on any atom is -0.493 e. The molecule has 0 bridgehead atoms. The van der Waals surface area contributed by atoms with E-state index in [1.165, 1.54) is 0 Å². The standard InChI is InChI=1S/C24H23N3O4/c1-30-20-11-10-16(13-21(20)31-2)15-26-22(28)14-19-23-18(9-6-12-25-23)24(29)27(19)17-7-4-3-5-8-17/h3-13,19H,14-15H2,1-2H3,(H,26,28)/t19-/m0/s1. The van der Waals surface area contributed by atoms with E-state index in [0.717, 1.165) is 11.3 Å². The highest BCUT2D eigenvalue weighted by Gasteiger charge is 2.39. The van der Waals surface area contributed by atoms with Crippen LogP contribution >= 0.6 is 0 Å². The highest BCUT2D eigenvalue weighted by molar-refractivity contribution is 6.11. The number of fused-ring (bicyclic) bond motifs is 1. The lowest BCUT2D eigenvalue weighted by molar-refractivity contribution is -0.121. The number of carbonyl (C=O) groups is 2. The van der Waals surface area contributed by atoms with Crippen molar-refractivity contribution in [1.29, 1.82) is 0 Å². The summed E-state index contributed by atoms with van der Waals surface area (Å²) >= 11 is 0. The molecule has 0 aliphatic carbocycles. The molecule has 2 amide bonds. The van der Waals surface area contributed by atoms with Gasteiger partial charge in [-0.15, -0.1) is 0 Å². The minimum absolute atomic E-state index is 0.109. The highest BCUT2D eigenvalue weighted by Crippen LogP contribution is 2.38. The summed E-state index contributed by atoms with van der Waals surface area (Å²) in [5.41, 5.74) is 2.77. The molecule has 158 valence electrons. The number of ether oxygens (including phenoxy) is 2. The predicted octanol–water partition coefficient (Wildman–Crippen LogP) is 3.51. The van der Waals surface area contributed by atoms with E-state index in [1.807, 2.05) is 42.5 Å². The zero-order chi connectivity index (χ0) is 21.8. The Morgan fingerprint density at radius 1 is 1.03 bits per heavy atom. The van der Waals surface area contributed by atoms with Crippen molar-refractivity contribution < 1.29 is 19.1 Å². The lowest BCUT2D eigenvalue weighted by Crippen LogP contribution is -2.32. The Kier molecular flexibility index (Phi) is 5.84. The Labute approximate surface area is 180 Å². The van der Waals surface area contributed by atoms with Crippen LogP contribution in [0.3, 0.4) is 0 Å². The van der Waals surface area contributed by atoms with Crippen molar-refractivity contribution in [2.75, 3.05) is 19.1 Å². The predicted molar refractivity (Wildman–Crippen MR) is 116 cm³/mol. The molecule has 0 fully saturated rings. The van der Waals surface area contributed by atoms with Crippen molar-refractivity contribution in [3.05, 3.63) is 83.7 Å². The summed E-state index contributed by atoms with van der Waals surface area (Å²) < 4.78 is 10.6. The molecule has 2 heterocycles. The van der Waals surface area contributed by atoms with Crippen LogP contribution in [-0.4, -0.2) is 31.0 Å². The normalized spacial score (nSPS) is 14.8. The first-order chi connectivity index (χ1) is 15.1. The summed E-state index contributed by atoms with van der Waals surface area (Å²) in [6, 6.07) is 17.9. The smallest absolute Gasteiger partial charge is 0.260 e. The number of anilines is 1. The molecular formula is C24H23N3O4. The number of carbonyl (C=O) groups excluding carboxylic acids is 2. The Morgan fingerprint density at radius 3 is 2.55 bits per heavy atom. The van der Waals surface area contributed by atoms with E-state index in [4.69, 9.17) is 9.47 Å². The summed E-state index contributed by atoms with van der Waals surface area (Å²) in [6.07, 6.45) is 1.76. The second-order valence-electron chi connectivity index (χ2n) is 7.13. The van der Waals surface area contributed by atoms with E-state index < -0.39 is 6.04 Å². The van der Waals surface area contributed by atoms with Crippen molar-refractivity contribution in [3.8, 4) is 11.5 Å². The zero-order valence-corrected chi connectivity index (χ0v) is 17.4. The molecular weight excluding hydrogens is 394 g/mol. The molecule has 0 unspecified atom stereocenters. The van der Waals surface area contributed by atoms with Gasteiger partial charge in [-0.25, -0.2) is 0 Å². The molecule has 3 aromatic rings. The highest BCUT2D eigenvalue weighted by atomic mass is 16.5. The zero-order valence-electron chi connectivity index (χ0n) is 17.4. The van der Waals surface area contributed by atoms with Crippen molar-refractivity contribution >= 4 is 17.5 Å². The third-order valence-electron chi connectivity index (χ3n) is 5.27. The lowest BCUT2D eigenvalue weighted by Gasteiger charge is -2.24. The van der Waals surface area contributed by atoms with Gasteiger partial charge in [0.2, 0.25) is 5.91 Å². The molecule has 7 heteroatoms. The first-order valence-corrected chi connectivity index (χ1v) is 9.93. The molecule has 1 aliphatic rings. The maximum absolute atomic E-state index is 13.0. The number of benzene rings is 2. The average molecular weight is 417 g/mol. The van der Waals surface area contributed by atoms with Gasteiger partial charge in [0.05, 0.1) is 37.9 Å². The maximum Gasteiger partial charge on any atom is 0.260 e. The van der Waals surface area contributed by atoms with Crippen LogP contribution in [0, 0.1) is 0 Å². The number of nitrogens with one attached hydrogen (secondary N) is 1. The molecule has 0 radical (unpaired) electrons. The van der Waals surface area contributed by atoms with E-state index in [1.54, 1.807) is 43.5 Å². The third kappa shape index (κ3) is 4.07. The van der Waals surface area contributed by atoms with Crippen LogP contribution in [0.15, 0.2) is 66.9 Å². The lowest BCUT2D eigenvalue weighted by atomic mass is 10.1. The number of pyridine rings is 1. The fourth-order valence-electron chi connectivity index (χ4n) is 3.77. The number of nitrogens with zero attached hydrogens (tertiary/aromatic N) is 2. The Bertz CT molecular complexity index is 1100. The number of aromatic nitrogens is 1. The Balaban J connectivity index is 1.51. The number of amides is 2. The molecule has 4 rings (SSSR count). The SMILES string of the molecule is COc1ccc(CNC(=O)C[C@H]2c3ncccc3C(=O)N2c2ccccc2)cc1OC. The second kappa shape index (κ2) is 8.87. The van der Waals surface area contributed by atoms with E-state index >= 15 is 0 Å². The van der Waals surface area contributed by atoms with E-state index in [2.05, 4.69) is 10.3 Å². The van der Waals surface area contributed by atoms with Gasteiger partial charge in [-0.1, -0.05) is 24.3 Å². The minimum atomic E-state index is -0.462. The molecule has 1 aromatic heterocycles. The molecule has 1 aliphatic heterocycles. The van der Waals surface area contributed by atoms with E-state index in [0.29, 0.717) is 29.3 Å². The average Bonchev–Trinajstić information content (AvgIpc) is 3.09. The molecule has 1 N–H and O–H groups in total. The van der Waals surface area contributed by atoms with Gasteiger partial charge in [0.25, 0.3) is 5.91 Å². The van der Waals surface area contributed by atoms with Crippen LogP contribution in [0.25, 0.3) is 0 Å². The quantitative estimate of drug-likeness (QED) is 0.636. The van der Waals surface area contributed by atoms with E-state index in [-0.39, 0.29) is 18.2 Å². The van der Waals surface area contributed by atoms with Gasteiger partial charge in [0, 0.05) is 18.4 Å². The van der Waals surface area contributed by atoms with Crippen LogP contribution in [0.4, 0.5) is 5.69 Å². The van der Waals surface area contributed by atoms with Crippen LogP contribution < -0.4 is 19.7 Å². The topological polar surface area (TPSA) is 80.8 Å². The Morgan fingerprint density at radius 2 is 1.81 bits per heavy atom. The fourth-order valence-corrected chi connectivity index (χ4v) is 3.77. The first kappa shape index (κ1) is 20.4. The molecule has 0 spiro atoms. The number of hydrogen-bond donors (Lipinski definition) is 1. The summed E-state index contributed by atoms with van der Waals surface area (Å²) in [5, 5.41) is 2.93. The van der Waals surface area contributed by atoms with Crippen molar-refractivity contribution in [3.63, 3.8) is 0 Å². The van der Waals surface area contributed by atoms with Gasteiger partial charge in [0.1, 0.15) is 0 Å². The van der Waals surface area contributed by atoms with Gasteiger partial charge in [-0.3, -0.25) is 19.5 Å². The van der Waals surface area contributed by atoms with Crippen LogP contribution in [0.2, 0.25) is 0 Å². The largest absolute Gasteiger partial charge is 0.493 e. The van der Waals surface area contributed by atoms with Crippen molar-refractivity contribution in [2.45, 2.75) is 19.0 Å². The summed E-state index contributed by atoms with van der Waals surface area (Å²) in [7, 11) is 3.15. The second-order valence-corrected chi connectivity index (χ2v) is 7.13. The van der Waals surface area contributed by atoms with Gasteiger partial charge in [0.15, 0.2) is 11.5 Å². The maximum atomic E-state index is 13.0. The summed E-state index contributed by atoms with van der Waals surface area (Å²) in [5.74, 6) is 0.909. The van der Waals surface area contributed by atoms with Gasteiger partial charge in [-0.2, -0.15) is 0 Å².